The number of imidazole rings is 1. The summed E-state index contributed by atoms with van der Waals surface area (Å²) in [6.07, 6.45) is 2.32. The van der Waals surface area contributed by atoms with Crippen LogP contribution in [-0.4, -0.2) is 62.1 Å². The fourth-order valence-electron chi connectivity index (χ4n) is 4.81. The smallest absolute Gasteiger partial charge is 0.280 e. The molecule has 1 N–H and O–H groups in total. The van der Waals surface area contributed by atoms with Crippen LogP contribution in [0.15, 0.2) is 39.9 Å². The first-order valence-corrected chi connectivity index (χ1v) is 12.0. The molecule has 182 valence electrons. The standard InChI is InChI=1S/C24H28N8O3/c1-15-3-5-17(6-4-15)19-11-18(13-34-19)22-28-20(35-29-22)12-31-14-26-32-21(23(31)33)16(2)27-24(32)30-9-7-25-8-10-30/h3-6,14,18-19,25H,7-13H2,1-2H3/t18-,19+/m0/s1. The Bertz CT molecular complexity index is 1400. The molecule has 2 aliphatic heterocycles. The van der Waals surface area contributed by atoms with E-state index in [1.165, 1.54) is 16.5 Å². The van der Waals surface area contributed by atoms with E-state index in [0.717, 1.165) is 38.2 Å². The number of ether oxygens (including phenoxy) is 1. The third kappa shape index (κ3) is 4.10. The Kier molecular flexibility index (Phi) is 5.57. The zero-order chi connectivity index (χ0) is 23.9. The molecule has 3 aromatic heterocycles. The summed E-state index contributed by atoms with van der Waals surface area (Å²) in [7, 11) is 0. The fraction of sp³-hybridized carbons (Fsp3) is 0.458. The zero-order valence-corrected chi connectivity index (χ0v) is 19.8. The summed E-state index contributed by atoms with van der Waals surface area (Å²) in [6.45, 7) is 8.00. The minimum Gasteiger partial charge on any atom is -0.373 e. The number of nitrogens with one attached hydrogen (secondary N) is 1. The van der Waals surface area contributed by atoms with Crippen molar-refractivity contribution in [1.82, 2.24) is 34.6 Å². The first-order chi connectivity index (χ1) is 17.1. The molecule has 2 atom stereocenters. The fourth-order valence-corrected chi connectivity index (χ4v) is 4.81. The Hall–Kier alpha value is -3.57. The SMILES string of the molecule is Cc1ccc([C@H]2C[C@H](c3noc(Cn4cnn5c(N6CCNCC6)nc(C)c5c4=O)n3)CO2)cc1. The lowest BCUT2D eigenvalue weighted by molar-refractivity contribution is 0.110. The van der Waals surface area contributed by atoms with Crippen molar-refractivity contribution in [1.29, 1.82) is 0 Å². The molecule has 0 radical (unpaired) electrons. The van der Waals surface area contributed by atoms with Gasteiger partial charge in [0.2, 0.25) is 11.8 Å². The van der Waals surface area contributed by atoms with E-state index in [0.29, 0.717) is 35.5 Å². The number of aromatic nitrogens is 6. The number of anilines is 1. The van der Waals surface area contributed by atoms with Crippen molar-refractivity contribution in [2.75, 3.05) is 37.7 Å². The van der Waals surface area contributed by atoms with Gasteiger partial charge < -0.3 is 19.5 Å². The largest absolute Gasteiger partial charge is 0.373 e. The first kappa shape index (κ1) is 21.9. The second kappa shape index (κ2) is 8.90. The van der Waals surface area contributed by atoms with Crippen LogP contribution in [0, 0.1) is 13.8 Å². The molecule has 11 nitrogen and oxygen atoms in total. The van der Waals surface area contributed by atoms with Crippen LogP contribution in [0.3, 0.4) is 0 Å². The van der Waals surface area contributed by atoms with Gasteiger partial charge in [-0.3, -0.25) is 9.36 Å². The summed E-state index contributed by atoms with van der Waals surface area (Å²) in [5.41, 5.74) is 3.31. The molecule has 0 spiro atoms. The van der Waals surface area contributed by atoms with Gasteiger partial charge in [0, 0.05) is 32.1 Å². The van der Waals surface area contributed by atoms with Gasteiger partial charge in [0.1, 0.15) is 12.9 Å². The van der Waals surface area contributed by atoms with E-state index in [-0.39, 0.29) is 24.1 Å². The van der Waals surface area contributed by atoms with Gasteiger partial charge in [-0.15, -0.1) is 0 Å². The number of nitrogens with zero attached hydrogens (tertiary/aromatic N) is 7. The van der Waals surface area contributed by atoms with Crippen LogP contribution in [-0.2, 0) is 11.3 Å². The zero-order valence-electron chi connectivity index (χ0n) is 19.8. The number of aryl methyl sites for hydroxylation is 2. The molecule has 0 amide bonds. The minimum absolute atomic E-state index is 0.0199. The Labute approximate surface area is 201 Å². The number of hydrogen-bond donors (Lipinski definition) is 1. The highest BCUT2D eigenvalue weighted by Gasteiger charge is 2.31. The molecule has 1 aromatic carbocycles. The topological polar surface area (TPSA) is 116 Å². The number of rotatable bonds is 5. The van der Waals surface area contributed by atoms with E-state index in [2.05, 4.69) is 61.6 Å². The molecule has 0 bridgehead atoms. The van der Waals surface area contributed by atoms with Crippen molar-refractivity contribution in [3.63, 3.8) is 0 Å². The average molecular weight is 477 g/mol. The van der Waals surface area contributed by atoms with Crippen LogP contribution in [0.25, 0.3) is 5.52 Å². The lowest BCUT2D eigenvalue weighted by Crippen LogP contribution is -2.44. The summed E-state index contributed by atoms with van der Waals surface area (Å²) in [5, 5.41) is 12.0. The average Bonchev–Trinajstić information content (AvgIpc) is 3.61. The van der Waals surface area contributed by atoms with Crippen molar-refractivity contribution in [3.05, 3.63) is 69.5 Å². The van der Waals surface area contributed by atoms with Gasteiger partial charge in [0.05, 0.1) is 18.4 Å². The Morgan fingerprint density at radius 1 is 1.11 bits per heavy atom. The predicted octanol–water partition coefficient (Wildman–Crippen LogP) is 1.59. The van der Waals surface area contributed by atoms with E-state index in [9.17, 15) is 4.79 Å². The maximum Gasteiger partial charge on any atom is 0.280 e. The van der Waals surface area contributed by atoms with Gasteiger partial charge in [-0.2, -0.15) is 14.6 Å². The highest BCUT2D eigenvalue weighted by atomic mass is 16.5. The highest BCUT2D eigenvalue weighted by molar-refractivity contribution is 5.56. The van der Waals surface area contributed by atoms with Crippen molar-refractivity contribution in [2.24, 2.45) is 0 Å². The van der Waals surface area contributed by atoms with Crippen LogP contribution >= 0.6 is 0 Å². The van der Waals surface area contributed by atoms with Crippen molar-refractivity contribution in [3.8, 4) is 0 Å². The molecule has 11 heteroatoms. The molecule has 6 rings (SSSR count). The molecular weight excluding hydrogens is 448 g/mol. The van der Waals surface area contributed by atoms with Gasteiger partial charge in [0.15, 0.2) is 11.3 Å². The van der Waals surface area contributed by atoms with Gasteiger partial charge in [-0.1, -0.05) is 35.0 Å². The number of fused-ring (bicyclic) bond motifs is 1. The summed E-state index contributed by atoms with van der Waals surface area (Å²) < 4.78 is 14.6. The Balaban J connectivity index is 1.20. The molecule has 2 saturated heterocycles. The molecule has 2 fully saturated rings. The lowest BCUT2D eigenvalue weighted by Gasteiger charge is -2.27. The van der Waals surface area contributed by atoms with Crippen LogP contribution in [0.2, 0.25) is 0 Å². The molecule has 4 aromatic rings. The molecule has 2 aliphatic rings. The molecule has 5 heterocycles. The van der Waals surface area contributed by atoms with Crippen LogP contribution in [0.4, 0.5) is 5.95 Å². The Morgan fingerprint density at radius 3 is 2.71 bits per heavy atom. The highest BCUT2D eigenvalue weighted by Crippen LogP contribution is 2.37. The van der Waals surface area contributed by atoms with Gasteiger partial charge >= 0.3 is 0 Å². The van der Waals surface area contributed by atoms with Gasteiger partial charge in [0.25, 0.3) is 5.56 Å². The quantitative estimate of drug-likeness (QED) is 0.458. The van der Waals surface area contributed by atoms with E-state index in [1.54, 1.807) is 4.52 Å². The second-order valence-corrected chi connectivity index (χ2v) is 9.27. The Morgan fingerprint density at radius 2 is 1.91 bits per heavy atom. The molecule has 35 heavy (non-hydrogen) atoms. The molecule has 0 aliphatic carbocycles. The summed E-state index contributed by atoms with van der Waals surface area (Å²) in [6, 6.07) is 8.39. The van der Waals surface area contributed by atoms with Crippen LogP contribution < -0.4 is 15.8 Å². The van der Waals surface area contributed by atoms with E-state index < -0.39 is 0 Å². The molecular formula is C24H28N8O3. The molecule has 0 saturated carbocycles. The minimum atomic E-state index is -0.185. The van der Waals surface area contributed by atoms with Crippen molar-refractivity contribution in [2.45, 2.75) is 38.8 Å². The second-order valence-electron chi connectivity index (χ2n) is 9.27. The third-order valence-electron chi connectivity index (χ3n) is 6.78. The lowest BCUT2D eigenvalue weighted by atomic mass is 9.99. The summed E-state index contributed by atoms with van der Waals surface area (Å²) in [5.74, 6) is 1.73. The predicted molar refractivity (Wildman–Crippen MR) is 128 cm³/mol. The number of benzene rings is 1. The van der Waals surface area contributed by atoms with Gasteiger partial charge in [-0.05, 0) is 25.8 Å². The van der Waals surface area contributed by atoms with Crippen LogP contribution in [0.5, 0.6) is 0 Å². The summed E-state index contributed by atoms with van der Waals surface area (Å²) >= 11 is 0. The van der Waals surface area contributed by atoms with E-state index in [4.69, 9.17) is 9.26 Å². The maximum atomic E-state index is 13.3. The normalized spacial score (nSPS) is 20.7. The molecule has 0 unspecified atom stereocenters. The third-order valence-corrected chi connectivity index (χ3v) is 6.78. The van der Waals surface area contributed by atoms with E-state index >= 15 is 0 Å². The van der Waals surface area contributed by atoms with Crippen molar-refractivity contribution < 1.29 is 9.26 Å². The van der Waals surface area contributed by atoms with Crippen molar-refractivity contribution >= 4 is 11.5 Å². The monoisotopic (exact) mass is 476 g/mol. The van der Waals surface area contributed by atoms with Crippen LogP contribution in [0.1, 0.15) is 47.0 Å². The number of hydrogen-bond acceptors (Lipinski definition) is 9. The van der Waals surface area contributed by atoms with E-state index in [1.807, 2.05) is 6.92 Å². The summed E-state index contributed by atoms with van der Waals surface area (Å²) in [4.78, 5) is 24.6. The van der Waals surface area contributed by atoms with Gasteiger partial charge in [-0.25, -0.2) is 4.98 Å². The number of piperazine rings is 1. The first-order valence-electron chi connectivity index (χ1n) is 12.0. The maximum absolute atomic E-state index is 13.3.